The van der Waals surface area contributed by atoms with Crippen LogP contribution in [0.3, 0.4) is 0 Å². The first-order chi connectivity index (χ1) is 7.97. The van der Waals surface area contributed by atoms with Gasteiger partial charge in [-0.05, 0) is 34.6 Å². The Labute approximate surface area is 109 Å². The predicted molar refractivity (Wildman–Crippen MR) is 76.2 cm³/mol. The lowest BCUT2D eigenvalue weighted by Crippen LogP contribution is -2.45. The standard InChI is InChI=1S/C9H22O3Si.C4H8/c1-5-9-13(10-6-2,11-7-3)12-8-4;1-4(2)3/h5-9H2,1-4H3;1H2,2-3H3. The van der Waals surface area contributed by atoms with Crippen LogP contribution in [-0.2, 0) is 13.3 Å². The lowest BCUT2D eigenvalue weighted by Gasteiger charge is -2.27. The maximum Gasteiger partial charge on any atom is 0.500 e. The topological polar surface area (TPSA) is 27.7 Å². The normalized spacial score (nSPS) is 10.7. The molecule has 0 rings (SSSR count). The second-order valence-electron chi connectivity index (χ2n) is 3.94. The Bertz CT molecular complexity index is 150. The quantitative estimate of drug-likeness (QED) is 0.488. The van der Waals surface area contributed by atoms with Gasteiger partial charge in [0.1, 0.15) is 0 Å². The fraction of sp³-hybridized carbons (Fsp3) is 0.846. The highest BCUT2D eigenvalue weighted by atomic mass is 28.4. The van der Waals surface area contributed by atoms with Crippen LogP contribution >= 0.6 is 0 Å². The molecular formula is C13H30O3Si. The Morgan fingerprint density at radius 3 is 1.35 bits per heavy atom. The Kier molecular flexibility index (Phi) is 13.9. The van der Waals surface area contributed by atoms with E-state index < -0.39 is 8.80 Å². The predicted octanol–water partition coefficient (Wildman–Crippen LogP) is 4.03. The van der Waals surface area contributed by atoms with Gasteiger partial charge in [-0.3, -0.25) is 0 Å². The molecule has 0 amide bonds. The molecule has 0 spiro atoms. The van der Waals surface area contributed by atoms with E-state index in [0.29, 0.717) is 19.8 Å². The van der Waals surface area contributed by atoms with Crippen molar-refractivity contribution in [1.82, 2.24) is 0 Å². The van der Waals surface area contributed by atoms with Crippen molar-refractivity contribution in [3.8, 4) is 0 Å². The van der Waals surface area contributed by atoms with Crippen molar-refractivity contribution < 1.29 is 13.3 Å². The molecule has 0 aliphatic rings. The monoisotopic (exact) mass is 262 g/mol. The van der Waals surface area contributed by atoms with Crippen LogP contribution in [-0.4, -0.2) is 28.6 Å². The summed E-state index contributed by atoms with van der Waals surface area (Å²) in [6.07, 6.45) is 1.05. The molecule has 0 saturated carbocycles. The first kappa shape index (κ1) is 19.2. The van der Waals surface area contributed by atoms with Gasteiger partial charge >= 0.3 is 8.80 Å². The minimum atomic E-state index is -2.30. The summed E-state index contributed by atoms with van der Waals surface area (Å²) in [5.74, 6) is 0. The molecule has 0 atom stereocenters. The van der Waals surface area contributed by atoms with Crippen molar-refractivity contribution >= 4 is 8.80 Å². The molecule has 17 heavy (non-hydrogen) atoms. The Morgan fingerprint density at radius 2 is 1.18 bits per heavy atom. The molecule has 0 aliphatic heterocycles. The molecule has 0 radical (unpaired) electrons. The maximum absolute atomic E-state index is 5.65. The second kappa shape index (κ2) is 12.3. The lowest BCUT2D eigenvalue weighted by molar-refractivity contribution is 0.0712. The molecule has 0 aromatic carbocycles. The van der Waals surface area contributed by atoms with E-state index in [2.05, 4.69) is 13.5 Å². The largest absolute Gasteiger partial charge is 0.500 e. The zero-order valence-electron chi connectivity index (χ0n) is 12.5. The van der Waals surface area contributed by atoms with Gasteiger partial charge in [0.2, 0.25) is 0 Å². The fourth-order valence-corrected chi connectivity index (χ4v) is 3.92. The lowest BCUT2D eigenvalue weighted by atomic mass is 10.4. The van der Waals surface area contributed by atoms with Gasteiger partial charge in [0.15, 0.2) is 0 Å². The van der Waals surface area contributed by atoms with Gasteiger partial charge in [0.05, 0.1) is 0 Å². The molecule has 0 saturated heterocycles. The van der Waals surface area contributed by atoms with Crippen LogP contribution in [0.5, 0.6) is 0 Å². The van der Waals surface area contributed by atoms with Gasteiger partial charge < -0.3 is 13.3 Å². The minimum Gasteiger partial charge on any atom is -0.374 e. The van der Waals surface area contributed by atoms with Crippen LogP contribution in [0, 0.1) is 0 Å². The number of hydrogen-bond donors (Lipinski definition) is 0. The zero-order valence-corrected chi connectivity index (χ0v) is 13.5. The molecule has 0 bridgehead atoms. The van der Waals surface area contributed by atoms with Crippen molar-refractivity contribution in [3.63, 3.8) is 0 Å². The maximum atomic E-state index is 5.65. The van der Waals surface area contributed by atoms with Crippen molar-refractivity contribution in [2.45, 2.75) is 54.0 Å². The van der Waals surface area contributed by atoms with E-state index in [1.807, 2.05) is 34.6 Å². The van der Waals surface area contributed by atoms with E-state index in [1.165, 1.54) is 5.57 Å². The van der Waals surface area contributed by atoms with Crippen molar-refractivity contribution in [3.05, 3.63) is 12.2 Å². The van der Waals surface area contributed by atoms with E-state index in [0.717, 1.165) is 12.5 Å². The van der Waals surface area contributed by atoms with Gasteiger partial charge in [-0.15, -0.1) is 6.58 Å². The van der Waals surface area contributed by atoms with Gasteiger partial charge in [0.25, 0.3) is 0 Å². The van der Waals surface area contributed by atoms with Crippen molar-refractivity contribution in [2.24, 2.45) is 0 Å². The second-order valence-corrected chi connectivity index (χ2v) is 6.67. The van der Waals surface area contributed by atoms with Gasteiger partial charge in [-0.1, -0.05) is 18.9 Å². The molecular weight excluding hydrogens is 232 g/mol. The number of rotatable bonds is 8. The summed E-state index contributed by atoms with van der Waals surface area (Å²) in [4.78, 5) is 0. The molecule has 0 aromatic heterocycles. The van der Waals surface area contributed by atoms with E-state index in [4.69, 9.17) is 13.3 Å². The van der Waals surface area contributed by atoms with E-state index in [1.54, 1.807) is 0 Å². The Hall–Kier alpha value is -0.163. The third-order valence-corrected chi connectivity index (χ3v) is 4.95. The Morgan fingerprint density at radius 1 is 0.882 bits per heavy atom. The third-order valence-electron chi connectivity index (χ3n) is 1.65. The highest BCUT2D eigenvalue weighted by molar-refractivity contribution is 6.60. The molecule has 0 unspecified atom stereocenters. The van der Waals surface area contributed by atoms with E-state index in [9.17, 15) is 0 Å². The zero-order chi connectivity index (χ0) is 13.7. The molecule has 0 aromatic rings. The average Bonchev–Trinajstić information content (AvgIpc) is 2.18. The molecule has 0 fully saturated rings. The highest BCUT2D eigenvalue weighted by Crippen LogP contribution is 2.17. The van der Waals surface area contributed by atoms with E-state index >= 15 is 0 Å². The minimum absolute atomic E-state index is 0.673. The summed E-state index contributed by atoms with van der Waals surface area (Å²) >= 11 is 0. The van der Waals surface area contributed by atoms with Crippen molar-refractivity contribution in [1.29, 1.82) is 0 Å². The summed E-state index contributed by atoms with van der Waals surface area (Å²) in [5.41, 5.74) is 1.17. The van der Waals surface area contributed by atoms with Crippen LogP contribution in [0.15, 0.2) is 12.2 Å². The van der Waals surface area contributed by atoms with Gasteiger partial charge in [-0.25, -0.2) is 0 Å². The summed E-state index contributed by atoms with van der Waals surface area (Å²) in [6, 6.07) is 0.919. The SMILES string of the molecule is C=C(C)C.CCC[Si](OCC)(OCC)OCC. The molecule has 104 valence electrons. The Balaban J connectivity index is 0. The van der Waals surface area contributed by atoms with Crippen LogP contribution < -0.4 is 0 Å². The van der Waals surface area contributed by atoms with Gasteiger partial charge in [0, 0.05) is 25.9 Å². The van der Waals surface area contributed by atoms with Crippen LogP contribution in [0.1, 0.15) is 48.0 Å². The molecule has 4 heteroatoms. The summed E-state index contributed by atoms with van der Waals surface area (Å²) in [7, 11) is -2.30. The molecule has 0 N–H and O–H groups in total. The van der Waals surface area contributed by atoms with Crippen LogP contribution in [0.4, 0.5) is 0 Å². The van der Waals surface area contributed by atoms with Crippen LogP contribution in [0.25, 0.3) is 0 Å². The van der Waals surface area contributed by atoms with E-state index in [-0.39, 0.29) is 0 Å². The van der Waals surface area contributed by atoms with Crippen LogP contribution in [0.2, 0.25) is 6.04 Å². The number of allylic oxidation sites excluding steroid dienone is 1. The highest BCUT2D eigenvalue weighted by Gasteiger charge is 2.38. The summed E-state index contributed by atoms with van der Waals surface area (Å²) in [5, 5.41) is 0. The number of hydrogen-bond acceptors (Lipinski definition) is 3. The molecule has 0 heterocycles. The fourth-order valence-electron chi connectivity index (χ4n) is 1.31. The first-order valence-electron chi connectivity index (χ1n) is 6.51. The molecule has 0 aliphatic carbocycles. The summed E-state index contributed by atoms with van der Waals surface area (Å²) < 4.78 is 16.9. The summed E-state index contributed by atoms with van der Waals surface area (Å²) in [6.45, 7) is 17.6. The molecule has 3 nitrogen and oxygen atoms in total. The smallest absolute Gasteiger partial charge is 0.374 e. The first-order valence-corrected chi connectivity index (χ1v) is 8.45. The van der Waals surface area contributed by atoms with Crippen molar-refractivity contribution in [2.75, 3.05) is 19.8 Å². The third kappa shape index (κ3) is 12.1. The average molecular weight is 262 g/mol. The van der Waals surface area contributed by atoms with Gasteiger partial charge in [-0.2, -0.15) is 0 Å².